The van der Waals surface area contributed by atoms with Crippen LogP contribution in [0, 0.1) is 18.3 Å². The third-order valence-corrected chi connectivity index (χ3v) is 10.1. The van der Waals surface area contributed by atoms with Crippen LogP contribution in [0.2, 0.25) is 0 Å². The summed E-state index contributed by atoms with van der Waals surface area (Å²) in [5.41, 5.74) is -2.16. The zero-order valence-corrected chi connectivity index (χ0v) is 21.4. The summed E-state index contributed by atoms with van der Waals surface area (Å²) in [6, 6.07) is 0. The topological polar surface area (TPSA) is 122 Å². The van der Waals surface area contributed by atoms with E-state index in [4.69, 9.17) is 33.2 Å². The number of fused-ring (bicyclic) bond motifs is 5. The van der Waals surface area contributed by atoms with Gasteiger partial charge in [0.2, 0.25) is 5.79 Å². The van der Waals surface area contributed by atoms with Gasteiger partial charge in [-0.2, -0.15) is 0 Å². The second-order valence-electron chi connectivity index (χ2n) is 11.8. The van der Waals surface area contributed by atoms with Gasteiger partial charge in [0, 0.05) is 36.8 Å². The van der Waals surface area contributed by atoms with Gasteiger partial charge in [0.05, 0.1) is 25.4 Å². The molecule has 2 bridgehead atoms. The second kappa shape index (κ2) is 6.36. The van der Waals surface area contributed by atoms with E-state index in [0.29, 0.717) is 40.8 Å². The SMILES string of the molecule is COc1c2c(c(C)c3c1[C@@H](O)[C@@H]1[C@](C)(C[C@]4(O)OC[C@@]5(C)O[C@@]6(OC)CC[C@@]1(C)[C@]54O6)O3)COC2=O. The smallest absolute Gasteiger partial charge is 0.342 e. The van der Waals surface area contributed by atoms with Crippen molar-refractivity contribution in [3.05, 3.63) is 22.3 Å². The van der Waals surface area contributed by atoms with Crippen LogP contribution in [-0.4, -0.2) is 65.6 Å². The molecule has 36 heavy (non-hydrogen) atoms. The fourth-order valence-corrected chi connectivity index (χ4v) is 8.91. The Hall–Kier alpha value is -1.95. The van der Waals surface area contributed by atoms with Gasteiger partial charge in [-0.15, -0.1) is 0 Å². The minimum atomic E-state index is -1.76. The van der Waals surface area contributed by atoms with E-state index in [1.54, 1.807) is 0 Å². The van der Waals surface area contributed by atoms with Gasteiger partial charge < -0.3 is 43.4 Å². The first-order valence-electron chi connectivity index (χ1n) is 12.4. The highest BCUT2D eigenvalue weighted by atomic mass is 16.9. The van der Waals surface area contributed by atoms with Crippen LogP contribution in [0.25, 0.3) is 0 Å². The molecule has 5 aliphatic heterocycles. The number of esters is 1. The van der Waals surface area contributed by atoms with Crippen LogP contribution in [0.5, 0.6) is 11.5 Å². The van der Waals surface area contributed by atoms with Crippen LogP contribution in [0.15, 0.2) is 0 Å². The molecular formula is C26H32O10. The van der Waals surface area contributed by atoms with Crippen molar-refractivity contribution in [1.82, 2.24) is 0 Å². The number of hydrogen-bond acceptors (Lipinski definition) is 10. The van der Waals surface area contributed by atoms with Gasteiger partial charge >= 0.3 is 5.97 Å². The number of hydrogen-bond donors (Lipinski definition) is 2. The molecule has 7 rings (SSSR count). The molecule has 4 fully saturated rings. The summed E-state index contributed by atoms with van der Waals surface area (Å²) in [6.45, 7) is 7.82. The molecule has 196 valence electrons. The Morgan fingerprint density at radius 1 is 1.11 bits per heavy atom. The van der Waals surface area contributed by atoms with Gasteiger partial charge in [0.1, 0.15) is 34.9 Å². The first kappa shape index (κ1) is 23.2. The van der Waals surface area contributed by atoms with Crippen molar-refractivity contribution in [2.45, 2.75) is 88.2 Å². The molecular weight excluding hydrogens is 472 g/mol. The molecule has 0 amide bonds. The second-order valence-corrected chi connectivity index (χ2v) is 11.8. The van der Waals surface area contributed by atoms with E-state index in [9.17, 15) is 15.0 Å². The molecule has 0 radical (unpaired) electrons. The van der Waals surface area contributed by atoms with E-state index in [0.717, 1.165) is 0 Å². The first-order valence-corrected chi connectivity index (χ1v) is 12.4. The maximum Gasteiger partial charge on any atom is 0.342 e. The van der Waals surface area contributed by atoms with Crippen molar-refractivity contribution < 1.29 is 48.2 Å². The monoisotopic (exact) mass is 504 g/mol. The lowest BCUT2D eigenvalue weighted by Gasteiger charge is -2.67. The molecule has 10 nitrogen and oxygen atoms in total. The molecule has 1 spiro atoms. The van der Waals surface area contributed by atoms with Gasteiger partial charge in [-0.05, 0) is 32.8 Å². The van der Waals surface area contributed by atoms with Crippen molar-refractivity contribution in [2.24, 2.45) is 11.3 Å². The number of ether oxygens (including phenoxy) is 7. The van der Waals surface area contributed by atoms with Crippen molar-refractivity contribution >= 4 is 5.97 Å². The number of cyclic esters (lactones) is 1. The van der Waals surface area contributed by atoms with Gasteiger partial charge in [-0.25, -0.2) is 4.79 Å². The fraction of sp³-hybridized carbons (Fsp3) is 0.731. The number of rotatable bonds is 2. The van der Waals surface area contributed by atoms with Crippen LogP contribution < -0.4 is 9.47 Å². The average Bonchev–Trinajstić information content (AvgIpc) is 3.38. The molecule has 0 aromatic heterocycles. The van der Waals surface area contributed by atoms with Crippen LogP contribution in [-0.2, 0) is 30.3 Å². The number of carbonyl (C=O) groups excluding carboxylic acids is 1. The quantitative estimate of drug-likeness (QED) is 0.580. The summed E-state index contributed by atoms with van der Waals surface area (Å²) in [7, 11) is 3.00. The summed E-state index contributed by atoms with van der Waals surface area (Å²) in [5, 5.41) is 24.4. The highest BCUT2D eigenvalue weighted by Gasteiger charge is 2.90. The predicted molar refractivity (Wildman–Crippen MR) is 120 cm³/mol. The standard InChI is InChI=1S/C26H32O10/c1-12-13-9-32-20(28)14(13)18(30-5)15-16(27)19-21(2)7-8-25(31-6)35-23(4)11-33-24(29,26(21,23)36-25)10-22(19,3)34-17(12)15/h16,19,27,29H,7-11H2,1-6H3/t16-,19+,21-,22+,23-,24+,25+,26+/m1/s1. The predicted octanol–water partition coefficient (Wildman–Crippen LogP) is 2.24. The number of benzene rings is 1. The van der Waals surface area contributed by atoms with E-state index >= 15 is 0 Å². The Labute approximate surface area is 208 Å². The summed E-state index contributed by atoms with van der Waals surface area (Å²) in [4.78, 5) is 12.7. The van der Waals surface area contributed by atoms with E-state index in [-0.39, 0.29) is 25.4 Å². The number of methoxy groups -OCH3 is 2. The maximum atomic E-state index is 12.7. The van der Waals surface area contributed by atoms with E-state index < -0.39 is 52.0 Å². The van der Waals surface area contributed by atoms with Gasteiger partial charge in [-0.3, -0.25) is 0 Å². The third kappa shape index (κ3) is 2.14. The Morgan fingerprint density at radius 2 is 1.86 bits per heavy atom. The lowest BCUT2D eigenvalue weighted by Crippen LogP contribution is -2.80. The lowest BCUT2D eigenvalue weighted by atomic mass is 9.44. The Bertz CT molecular complexity index is 1230. The molecule has 1 aromatic carbocycles. The largest absolute Gasteiger partial charge is 0.495 e. The van der Waals surface area contributed by atoms with Crippen LogP contribution in [0.1, 0.15) is 73.2 Å². The summed E-state index contributed by atoms with van der Waals surface area (Å²) in [5.74, 6) is -3.41. The first-order chi connectivity index (χ1) is 16.8. The van der Waals surface area contributed by atoms with E-state index in [2.05, 4.69) is 0 Å². The number of aliphatic hydroxyl groups is 2. The number of aliphatic hydroxyl groups excluding tert-OH is 1. The Morgan fingerprint density at radius 3 is 2.56 bits per heavy atom. The van der Waals surface area contributed by atoms with Crippen molar-refractivity contribution in [2.75, 3.05) is 20.8 Å². The Kier molecular flexibility index (Phi) is 4.10. The van der Waals surface area contributed by atoms with Gasteiger partial charge in [-0.1, -0.05) is 6.92 Å². The molecule has 5 heterocycles. The zero-order chi connectivity index (χ0) is 25.7. The third-order valence-electron chi connectivity index (χ3n) is 10.1. The molecule has 10 heteroatoms. The number of carbonyl (C=O) groups is 1. The average molecular weight is 505 g/mol. The zero-order valence-electron chi connectivity index (χ0n) is 21.4. The molecule has 8 atom stereocenters. The van der Waals surface area contributed by atoms with Gasteiger partial charge in [0.25, 0.3) is 5.97 Å². The lowest BCUT2D eigenvalue weighted by molar-refractivity contribution is -0.440. The minimum Gasteiger partial charge on any atom is -0.495 e. The fourth-order valence-electron chi connectivity index (χ4n) is 8.91. The van der Waals surface area contributed by atoms with Crippen molar-refractivity contribution in [3.63, 3.8) is 0 Å². The van der Waals surface area contributed by atoms with E-state index in [1.165, 1.54) is 14.2 Å². The maximum absolute atomic E-state index is 12.7. The molecule has 3 saturated heterocycles. The molecule has 6 aliphatic rings. The minimum absolute atomic E-state index is 0.0315. The van der Waals surface area contributed by atoms with Crippen molar-refractivity contribution in [3.8, 4) is 11.5 Å². The van der Waals surface area contributed by atoms with Crippen LogP contribution >= 0.6 is 0 Å². The summed E-state index contributed by atoms with van der Waals surface area (Å²) in [6.07, 6.45) is -0.165. The summed E-state index contributed by atoms with van der Waals surface area (Å²) >= 11 is 0. The highest BCUT2D eigenvalue weighted by Crippen LogP contribution is 2.77. The Balaban J connectivity index is 1.49. The van der Waals surface area contributed by atoms with Crippen LogP contribution in [0.3, 0.4) is 0 Å². The molecule has 2 N–H and O–H groups in total. The highest BCUT2D eigenvalue weighted by molar-refractivity contribution is 5.98. The van der Waals surface area contributed by atoms with Gasteiger partial charge in [0.15, 0.2) is 5.60 Å². The normalized spacial score (nSPS) is 49.5. The van der Waals surface area contributed by atoms with E-state index in [1.807, 2.05) is 27.7 Å². The molecule has 0 unspecified atom stereocenters. The molecule has 1 aliphatic carbocycles. The molecule has 1 aromatic rings. The molecule has 1 saturated carbocycles. The van der Waals surface area contributed by atoms with Crippen LogP contribution in [0.4, 0.5) is 0 Å². The summed E-state index contributed by atoms with van der Waals surface area (Å²) < 4.78 is 42.7. The van der Waals surface area contributed by atoms with Crippen molar-refractivity contribution in [1.29, 1.82) is 0 Å².